The largest absolute Gasteiger partial charge is 0.343 e. The van der Waals surface area contributed by atoms with Crippen LogP contribution in [0.15, 0.2) is 30.7 Å². The summed E-state index contributed by atoms with van der Waals surface area (Å²) in [6.45, 7) is 7.96. The van der Waals surface area contributed by atoms with Crippen LogP contribution in [0.1, 0.15) is 44.8 Å². The molecule has 0 N–H and O–H groups in total. The van der Waals surface area contributed by atoms with Crippen molar-refractivity contribution < 1.29 is 4.79 Å². The molecule has 3 heterocycles. The Kier molecular flexibility index (Phi) is 4.97. The van der Waals surface area contributed by atoms with Crippen LogP contribution in [0.4, 0.5) is 0 Å². The standard InChI is InChI=1S/C19H26N4O/c1-14(2)11-18(24)22-9-6-17(7-10-22)23-15(3)12-21-19(23)16-5-4-8-20-13-16/h4-5,8,12-14,17H,6-7,9-11H2,1-3H3. The van der Waals surface area contributed by atoms with Crippen molar-refractivity contribution in [1.82, 2.24) is 19.4 Å². The molecule has 0 bridgehead atoms. The van der Waals surface area contributed by atoms with E-state index >= 15 is 0 Å². The number of aromatic nitrogens is 3. The number of likely N-dealkylation sites (tertiary alicyclic amines) is 1. The summed E-state index contributed by atoms with van der Waals surface area (Å²) in [4.78, 5) is 23.1. The van der Waals surface area contributed by atoms with Gasteiger partial charge in [-0.1, -0.05) is 13.8 Å². The maximum atomic E-state index is 12.3. The van der Waals surface area contributed by atoms with Crippen molar-refractivity contribution in [3.63, 3.8) is 0 Å². The molecule has 128 valence electrons. The lowest BCUT2D eigenvalue weighted by atomic mass is 10.0. The first-order valence-corrected chi connectivity index (χ1v) is 8.78. The third-order valence-corrected chi connectivity index (χ3v) is 4.67. The van der Waals surface area contributed by atoms with Gasteiger partial charge < -0.3 is 9.47 Å². The maximum absolute atomic E-state index is 12.3. The van der Waals surface area contributed by atoms with Gasteiger partial charge in [0.2, 0.25) is 5.91 Å². The number of rotatable bonds is 4. The Morgan fingerprint density at radius 1 is 1.29 bits per heavy atom. The Hall–Kier alpha value is -2.17. The van der Waals surface area contributed by atoms with E-state index in [4.69, 9.17) is 0 Å². The summed E-state index contributed by atoms with van der Waals surface area (Å²) in [5, 5.41) is 0. The molecular formula is C19H26N4O. The smallest absolute Gasteiger partial charge is 0.222 e. The quantitative estimate of drug-likeness (QED) is 0.864. The molecule has 2 aromatic rings. The lowest BCUT2D eigenvalue weighted by Crippen LogP contribution is -2.39. The first-order valence-electron chi connectivity index (χ1n) is 8.78. The number of imidazole rings is 1. The number of hydrogen-bond acceptors (Lipinski definition) is 3. The normalized spacial score (nSPS) is 15.9. The Balaban J connectivity index is 1.74. The van der Waals surface area contributed by atoms with Gasteiger partial charge in [0.15, 0.2) is 0 Å². The van der Waals surface area contributed by atoms with Gasteiger partial charge in [0, 0.05) is 55.4 Å². The molecule has 3 rings (SSSR count). The second-order valence-corrected chi connectivity index (χ2v) is 7.04. The highest BCUT2D eigenvalue weighted by Gasteiger charge is 2.26. The van der Waals surface area contributed by atoms with Gasteiger partial charge in [0.25, 0.3) is 0 Å². The maximum Gasteiger partial charge on any atom is 0.222 e. The molecule has 1 aliphatic rings. The van der Waals surface area contributed by atoms with E-state index in [0.717, 1.165) is 37.3 Å². The molecule has 0 spiro atoms. The molecule has 1 amide bonds. The van der Waals surface area contributed by atoms with Gasteiger partial charge in [-0.25, -0.2) is 4.98 Å². The van der Waals surface area contributed by atoms with Gasteiger partial charge in [-0.05, 0) is 37.8 Å². The van der Waals surface area contributed by atoms with Crippen LogP contribution in [0.2, 0.25) is 0 Å². The number of hydrogen-bond donors (Lipinski definition) is 0. The van der Waals surface area contributed by atoms with E-state index in [9.17, 15) is 4.79 Å². The van der Waals surface area contributed by atoms with Crippen molar-refractivity contribution in [2.75, 3.05) is 13.1 Å². The molecule has 2 aromatic heterocycles. The monoisotopic (exact) mass is 326 g/mol. The summed E-state index contributed by atoms with van der Waals surface area (Å²) in [7, 11) is 0. The summed E-state index contributed by atoms with van der Waals surface area (Å²) < 4.78 is 2.32. The highest BCUT2D eigenvalue weighted by atomic mass is 16.2. The number of carbonyl (C=O) groups is 1. The van der Waals surface area contributed by atoms with Gasteiger partial charge in [-0.15, -0.1) is 0 Å². The molecule has 0 aliphatic carbocycles. The average molecular weight is 326 g/mol. The van der Waals surface area contributed by atoms with E-state index in [2.05, 4.69) is 35.3 Å². The van der Waals surface area contributed by atoms with Crippen LogP contribution in [0.3, 0.4) is 0 Å². The van der Waals surface area contributed by atoms with Gasteiger partial charge in [-0.2, -0.15) is 0 Å². The number of amides is 1. The molecule has 5 heteroatoms. The number of carbonyl (C=O) groups excluding carboxylic acids is 1. The average Bonchev–Trinajstić information content (AvgIpc) is 2.97. The zero-order valence-corrected chi connectivity index (χ0v) is 14.8. The minimum atomic E-state index is 0.290. The first kappa shape index (κ1) is 16.7. The molecule has 0 radical (unpaired) electrons. The minimum absolute atomic E-state index is 0.290. The van der Waals surface area contributed by atoms with Gasteiger partial charge in [0.1, 0.15) is 5.82 Å². The molecule has 1 fully saturated rings. The Labute approximate surface area is 143 Å². The summed E-state index contributed by atoms with van der Waals surface area (Å²) >= 11 is 0. The van der Waals surface area contributed by atoms with Crippen molar-refractivity contribution in [1.29, 1.82) is 0 Å². The predicted molar refractivity (Wildman–Crippen MR) is 94.5 cm³/mol. The van der Waals surface area contributed by atoms with Crippen LogP contribution in [-0.2, 0) is 4.79 Å². The number of nitrogens with zero attached hydrogens (tertiary/aromatic N) is 4. The van der Waals surface area contributed by atoms with Crippen molar-refractivity contribution in [3.05, 3.63) is 36.4 Å². The molecule has 24 heavy (non-hydrogen) atoms. The van der Waals surface area contributed by atoms with E-state index in [0.29, 0.717) is 24.3 Å². The van der Waals surface area contributed by atoms with Crippen LogP contribution >= 0.6 is 0 Å². The first-order chi connectivity index (χ1) is 11.6. The van der Waals surface area contributed by atoms with E-state index < -0.39 is 0 Å². The van der Waals surface area contributed by atoms with E-state index in [1.807, 2.05) is 29.4 Å². The van der Waals surface area contributed by atoms with Gasteiger partial charge >= 0.3 is 0 Å². The molecule has 0 saturated carbocycles. The van der Waals surface area contributed by atoms with Crippen molar-refractivity contribution >= 4 is 5.91 Å². The highest BCUT2D eigenvalue weighted by Crippen LogP contribution is 2.30. The van der Waals surface area contributed by atoms with E-state index in [-0.39, 0.29) is 0 Å². The molecule has 0 unspecified atom stereocenters. The summed E-state index contributed by atoms with van der Waals surface area (Å²) in [6.07, 6.45) is 8.18. The minimum Gasteiger partial charge on any atom is -0.343 e. The Morgan fingerprint density at radius 3 is 2.67 bits per heavy atom. The fraction of sp³-hybridized carbons (Fsp3) is 0.526. The zero-order valence-electron chi connectivity index (χ0n) is 14.8. The predicted octanol–water partition coefficient (Wildman–Crippen LogP) is 3.46. The molecule has 5 nitrogen and oxygen atoms in total. The molecular weight excluding hydrogens is 300 g/mol. The van der Waals surface area contributed by atoms with Crippen LogP contribution in [-0.4, -0.2) is 38.4 Å². The Bertz CT molecular complexity index is 685. The molecule has 0 atom stereocenters. The van der Waals surface area contributed by atoms with Crippen molar-refractivity contribution in [2.24, 2.45) is 5.92 Å². The summed E-state index contributed by atoms with van der Waals surface area (Å²) in [5.74, 6) is 1.69. The van der Waals surface area contributed by atoms with Crippen molar-refractivity contribution in [2.45, 2.75) is 46.1 Å². The molecule has 1 saturated heterocycles. The second kappa shape index (κ2) is 7.16. The lowest BCUT2D eigenvalue weighted by molar-refractivity contribution is -0.133. The van der Waals surface area contributed by atoms with Crippen LogP contribution < -0.4 is 0 Å². The van der Waals surface area contributed by atoms with Crippen LogP contribution in [0.5, 0.6) is 0 Å². The van der Waals surface area contributed by atoms with Crippen molar-refractivity contribution in [3.8, 4) is 11.4 Å². The van der Waals surface area contributed by atoms with E-state index in [1.54, 1.807) is 6.20 Å². The summed E-state index contributed by atoms with van der Waals surface area (Å²) in [6, 6.07) is 4.38. The number of aryl methyl sites for hydroxylation is 1. The fourth-order valence-electron chi connectivity index (χ4n) is 3.47. The molecule has 1 aliphatic heterocycles. The SMILES string of the molecule is Cc1cnc(-c2cccnc2)n1C1CCN(C(=O)CC(C)C)CC1. The lowest BCUT2D eigenvalue weighted by Gasteiger charge is -2.34. The van der Waals surface area contributed by atoms with Crippen LogP contribution in [0.25, 0.3) is 11.4 Å². The zero-order chi connectivity index (χ0) is 17.1. The van der Waals surface area contributed by atoms with Gasteiger partial charge in [0.05, 0.1) is 0 Å². The summed E-state index contributed by atoms with van der Waals surface area (Å²) in [5.41, 5.74) is 2.21. The third-order valence-electron chi connectivity index (χ3n) is 4.67. The third kappa shape index (κ3) is 3.50. The van der Waals surface area contributed by atoms with E-state index in [1.165, 1.54) is 5.69 Å². The van der Waals surface area contributed by atoms with Crippen LogP contribution in [0, 0.1) is 12.8 Å². The highest BCUT2D eigenvalue weighted by molar-refractivity contribution is 5.76. The number of piperidine rings is 1. The Morgan fingerprint density at radius 2 is 2.04 bits per heavy atom. The number of pyridine rings is 1. The second-order valence-electron chi connectivity index (χ2n) is 7.04. The topological polar surface area (TPSA) is 51.0 Å². The van der Waals surface area contributed by atoms with Gasteiger partial charge in [-0.3, -0.25) is 9.78 Å². The fourth-order valence-corrected chi connectivity index (χ4v) is 3.47. The molecule has 0 aromatic carbocycles.